The molecule has 0 aliphatic carbocycles. The number of carbonyl (C=O) groups excluding carboxylic acids is 1. The van der Waals surface area contributed by atoms with Crippen molar-refractivity contribution in [3.05, 3.63) is 24.0 Å². The van der Waals surface area contributed by atoms with Gasteiger partial charge in [0.05, 0.1) is 24.9 Å². The molecule has 1 atom stereocenters. The number of halogens is 1. The summed E-state index contributed by atoms with van der Waals surface area (Å²) in [5, 5.41) is 10.4. The third kappa shape index (κ3) is 4.14. The molecule has 0 saturated carbocycles. The zero-order valence-corrected chi connectivity index (χ0v) is 15.9. The lowest BCUT2D eigenvalue weighted by molar-refractivity contribution is -0.121. The van der Waals surface area contributed by atoms with Crippen LogP contribution in [0.1, 0.15) is 20.8 Å². The third-order valence-corrected chi connectivity index (χ3v) is 9.20. The van der Waals surface area contributed by atoms with Crippen LogP contribution >= 0.6 is 0 Å². The van der Waals surface area contributed by atoms with Crippen molar-refractivity contribution >= 4 is 19.9 Å². The Morgan fingerprint density at radius 2 is 2.08 bits per heavy atom. The van der Waals surface area contributed by atoms with Gasteiger partial charge in [-0.3, -0.25) is 4.79 Å². The predicted octanol–water partition coefficient (Wildman–Crippen LogP) is 2.93. The zero-order valence-electron chi connectivity index (χ0n) is 14.9. The van der Waals surface area contributed by atoms with Gasteiger partial charge in [0.1, 0.15) is 11.6 Å². The van der Waals surface area contributed by atoms with Crippen LogP contribution in [-0.4, -0.2) is 45.2 Å². The fourth-order valence-corrected chi connectivity index (χ4v) is 3.21. The van der Waals surface area contributed by atoms with Crippen molar-refractivity contribution in [1.82, 2.24) is 0 Å². The van der Waals surface area contributed by atoms with Gasteiger partial charge >= 0.3 is 0 Å². The maximum absolute atomic E-state index is 13.3. The molecular weight excluding hydrogens is 329 g/mol. The number of carbonyl (C=O) groups is 1. The normalized spacial score (nSPS) is 16.6. The fourth-order valence-electron chi connectivity index (χ4n) is 2.16. The molecule has 1 N–H and O–H groups in total. The van der Waals surface area contributed by atoms with Crippen LogP contribution in [0.2, 0.25) is 18.1 Å². The number of aliphatic hydroxyl groups is 1. The summed E-state index contributed by atoms with van der Waals surface area (Å²) in [5.41, 5.74) is 0.471. The lowest BCUT2D eigenvalue weighted by Gasteiger charge is -2.37. The minimum atomic E-state index is -1.97. The van der Waals surface area contributed by atoms with E-state index in [2.05, 4.69) is 33.9 Å². The summed E-state index contributed by atoms with van der Waals surface area (Å²) in [4.78, 5) is 13.5. The molecule has 0 saturated heterocycles. The molecule has 134 valence electrons. The Bertz CT molecular complexity index is 615. The van der Waals surface area contributed by atoms with E-state index in [0.717, 1.165) is 0 Å². The zero-order chi connectivity index (χ0) is 18.1. The van der Waals surface area contributed by atoms with Gasteiger partial charge in [-0.15, -0.1) is 0 Å². The number of anilines is 1. The second-order valence-corrected chi connectivity index (χ2v) is 12.4. The highest BCUT2D eigenvalue weighted by atomic mass is 28.4. The summed E-state index contributed by atoms with van der Waals surface area (Å²) in [6.07, 6.45) is -0.820. The quantitative estimate of drug-likeness (QED) is 0.825. The number of β-amino-alcohol motifs (C(OH)–C–C–N with tert-alkyl or cyclic N) is 1. The number of hydrogen-bond acceptors (Lipinski definition) is 4. The third-order valence-electron chi connectivity index (χ3n) is 4.70. The number of hydrogen-bond donors (Lipinski definition) is 1. The summed E-state index contributed by atoms with van der Waals surface area (Å²) in [6, 6.07) is 4.00. The van der Waals surface area contributed by atoms with Gasteiger partial charge in [-0.2, -0.15) is 0 Å². The van der Waals surface area contributed by atoms with Crippen LogP contribution in [0.5, 0.6) is 5.75 Å². The van der Waals surface area contributed by atoms with Crippen molar-refractivity contribution in [2.45, 2.75) is 45.0 Å². The second kappa shape index (κ2) is 6.82. The number of benzene rings is 1. The van der Waals surface area contributed by atoms with Crippen molar-refractivity contribution in [3.8, 4) is 5.75 Å². The van der Waals surface area contributed by atoms with E-state index in [1.807, 2.05) is 0 Å². The van der Waals surface area contributed by atoms with E-state index < -0.39 is 20.2 Å². The first-order valence-corrected chi connectivity index (χ1v) is 11.0. The van der Waals surface area contributed by atoms with Crippen molar-refractivity contribution in [2.24, 2.45) is 0 Å². The van der Waals surface area contributed by atoms with E-state index in [1.54, 1.807) is 0 Å². The molecule has 0 bridgehead atoms. The average Bonchev–Trinajstić information content (AvgIpc) is 2.47. The molecule has 1 aromatic rings. The van der Waals surface area contributed by atoms with Gasteiger partial charge in [-0.25, -0.2) is 4.39 Å². The molecule has 1 aliphatic heterocycles. The molecule has 2 rings (SSSR count). The van der Waals surface area contributed by atoms with Crippen molar-refractivity contribution < 1.29 is 23.5 Å². The molecule has 24 heavy (non-hydrogen) atoms. The topological polar surface area (TPSA) is 59.0 Å². The van der Waals surface area contributed by atoms with Gasteiger partial charge in [0.2, 0.25) is 0 Å². The molecule has 1 heterocycles. The van der Waals surface area contributed by atoms with E-state index in [-0.39, 0.29) is 30.7 Å². The summed E-state index contributed by atoms with van der Waals surface area (Å²) < 4.78 is 24.5. The Kier molecular flexibility index (Phi) is 5.36. The second-order valence-electron chi connectivity index (χ2n) is 7.63. The largest absolute Gasteiger partial charge is 0.481 e. The molecule has 0 radical (unpaired) electrons. The van der Waals surface area contributed by atoms with Crippen LogP contribution in [0.3, 0.4) is 0 Å². The standard InChI is InChI=1S/C17H26FNO4Si/c1-17(2,3)24(4,5)23-10-13(20)9-19-14-7-6-12(18)8-15(14)22-11-16(19)21/h6-8,13,20H,9-11H2,1-5H3. The maximum atomic E-state index is 13.3. The lowest BCUT2D eigenvalue weighted by atomic mass is 10.2. The van der Waals surface area contributed by atoms with Crippen LogP contribution < -0.4 is 9.64 Å². The molecule has 1 unspecified atom stereocenters. The molecule has 0 fully saturated rings. The van der Waals surface area contributed by atoms with Gasteiger partial charge < -0.3 is 19.2 Å². The van der Waals surface area contributed by atoms with Gasteiger partial charge in [0.25, 0.3) is 5.91 Å². The number of aliphatic hydroxyl groups excluding tert-OH is 1. The van der Waals surface area contributed by atoms with Gasteiger partial charge in [-0.1, -0.05) is 20.8 Å². The Labute approximate surface area is 143 Å². The predicted molar refractivity (Wildman–Crippen MR) is 93.4 cm³/mol. The molecule has 0 spiro atoms. The highest BCUT2D eigenvalue weighted by molar-refractivity contribution is 6.74. The van der Waals surface area contributed by atoms with Crippen molar-refractivity contribution in [2.75, 3.05) is 24.7 Å². The number of rotatable bonds is 5. The molecule has 1 aliphatic rings. The molecule has 7 heteroatoms. The van der Waals surface area contributed by atoms with E-state index in [0.29, 0.717) is 11.4 Å². The van der Waals surface area contributed by atoms with E-state index >= 15 is 0 Å². The highest BCUT2D eigenvalue weighted by Crippen LogP contribution is 2.37. The van der Waals surface area contributed by atoms with Crippen LogP contribution in [0.25, 0.3) is 0 Å². The molecular formula is C17H26FNO4Si. The smallest absolute Gasteiger partial charge is 0.265 e. The Hall–Kier alpha value is -1.44. The van der Waals surface area contributed by atoms with E-state index in [4.69, 9.17) is 9.16 Å². The first kappa shape index (κ1) is 18.9. The minimum Gasteiger partial charge on any atom is -0.481 e. The van der Waals surface area contributed by atoms with Gasteiger partial charge in [0.15, 0.2) is 14.9 Å². The summed E-state index contributed by atoms with van der Waals surface area (Å²) in [6.45, 7) is 10.7. The molecule has 5 nitrogen and oxygen atoms in total. The number of ether oxygens (including phenoxy) is 1. The van der Waals surface area contributed by atoms with Gasteiger partial charge in [-0.05, 0) is 30.3 Å². The summed E-state index contributed by atoms with van der Waals surface area (Å²) in [5.74, 6) is -0.377. The SMILES string of the molecule is CC(C)(C)[Si](C)(C)OCC(O)CN1C(=O)COc2cc(F)ccc21. The first-order valence-electron chi connectivity index (χ1n) is 8.06. The van der Waals surface area contributed by atoms with Crippen LogP contribution in [-0.2, 0) is 9.22 Å². The number of nitrogens with zero attached hydrogens (tertiary/aromatic N) is 1. The molecule has 0 aromatic heterocycles. The summed E-state index contributed by atoms with van der Waals surface area (Å²) in [7, 11) is -1.97. The van der Waals surface area contributed by atoms with E-state index in [1.165, 1.54) is 23.1 Å². The number of fused-ring (bicyclic) bond motifs is 1. The first-order chi connectivity index (χ1) is 11.0. The fraction of sp³-hybridized carbons (Fsp3) is 0.588. The number of amides is 1. The molecule has 1 amide bonds. The Morgan fingerprint density at radius 3 is 2.71 bits per heavy atom. The van der Waals surface area contributed by atoms with E-state index in [9.17, 15) is 14.3 Å². The van der Waals surface area contributed by atoms with Crippen molar-refractivity contribution in [1.29, 1.82) is 0 Å². The maximum Gasteiger partial charge on any atom is 0.265 e. The molecule has 1 aromatic carbocycles. The lowest BCUT2D eigenvalue weighted by Crippen LogP contribution is -2.47. The van der Waals surface area contributed by atoms with Crippen LogP contribution in [0.4, 0.5) is 10.1 Å². The monoisotopic (exact) mass is 355 g/mol. The Balaban J connectivity index is 2.04. The minimum absolute atomic E-state index is 0.0473. The summed E-state index contributed by atoms with van der Waals surface area (Å²) >= 11 is 0. The van der Waals surface area contributed by atoms with Crippen molar-refractivity contribution in [3.63, 3.8) is 0 Å². The van der Waals surface area contributed by atoms with Gasteiger partial charge in [0, 0.05) is 6.07 Å². The Morgan fingerprint density at radius 1 is 1.42 bits per heavy atom. The van der Waals surface area contributed by atoms with Crippen LogP contribution in [0, 0.1) is 5.82 Å². The highest BCUT2D eigenvalue weighted by Gasteiger charge is 2.38. The average molecular weight is 355 g/mol. The van der Waals surface area contributed by atoms with Crippen LogP contribution in [0.15, 0.2) is 18.2 Å².